The Bertz CT molecular complexity index is 685. The van der Waals surface area contributed by atoms with Crippen molar-refractivity contribution in [2.75, 3.05) is 13.7 Å². The van der Waals surface area contributed by atoms with Crippen LogP contribution in [-0.2, 0) is 16.4 Å². The van der Waals surface area contributed by atoms with Crippen molar-refractivity contribution < 1.29 is 13.2 Å². The monoisotopic (exact) mass is 326 g/mol. The molecule has 0 saturated carbocycles. The molecule has 21 heavy (non-hydrogen) atoms. The molecule has 0 unspecified atom stereocenters. The summed E-state index contributed by atoms with van der Waals surface area (Å²) in [5.41, 5.74) is 1.02. The lowest BCUT2D eigenvalue weighted by Crippen LogP contribution is -2.26. The number of halogens is 1. The lowest BCUT2D eigenvalue weighted by molar-refractivity contribution is 0.414. The minimum absolute atomic E-state index is 0.0402. The zero-order valence-corrected chi connectivity index (χ0v) is 13.0. The van der Waals surface area contributed by atoms with Gasteiger partial charge in [0.1, 0.15) is 5.75 Å². The summed E-state index contributed by atoms with van der Waals surface area (Å²) in [6.07, 6.45) is 1.89. The van der Waals surface area contributed by atoms with Crippen LogP contribution < -0.4 is 9.46 Å². The molecule has 1 aromatic heterocycles. The maximum Gasteiger partial charge on any atom is 0.258 e. The molecule has 112 valence electrons. The van der Waals surface area contributed by atoms with E-state index in [9.17, 15) is 8.42 Å². The van der Waals surface area contributed by atoms with Crippen molar-refractivity contribution in [1.29, 1.82) is 0 Å². The van der Waals surface area contributed by atoms with Crippen LogP contribution in [0.5, 0.6) is 5.75 Å². The Balaban J connectivity index is 1.93. The summed E-state index contributed by atoms with van der Waals surface area (Å²) in [6, 6.07) is 10.3. The van der Waals surface area contributed by atoms with Gasteiger partial charge in [0.05, 0.1) is 12.1 Å². The van der Waals surface area contributed by atoms with Gasteiger partial charge in [-0.1, -0.05) is 23.7 Å². The number of rotatable bonds is 6. The van der Waals surface area contributed by atoms with E-state index in [2.05, 4.69) is 9.71 Å². The zero-order chi connectivity index (χ0) is 15.3. The summed E-state index contributed by atoms with van der Waals surface area (Å²) in [4.78, 5) is 3.80. The number of nitrogens with zero attached hydrogens (tertiary/aromatic N) is 1. The molecule has 1 heterocycles. The van der Waals surface area contributed by atoms with Crippen molar-refractivity contribution in [1.82, 2.24) is 9.71 Å². The molecular weight excluding hydrogens is 312 g/mol. The van der Waals surface area contributed by atoms with Gasteiger partial charge in [-0.2, -0.15) is 0 Å². The summed E-state index contributed by atoms with van der Waals surface area (Å²) in [5.74, 6) is 0.768. The molecule has 0 atom stereocenters. The molecule has 0 aliphatic carbocycles. The molecule has 1 aromatic carbocycles. The molecule has 2 aromatic rings. The standard InChI is InChI=1S/C14H15ClN2O3S/c1-20-13-5-2-11(3-6-13)8-9-17-21(18,19)14-7-4-12(15)10-16-14/h2-7,10,17H,8-9H2,1H3. The van der Waals surface area contributed by atoms with Crippen LogP contribution in [0.1, 0.15) is 5.56 Å². The third kappa shape index (κ3) is 4.42. The van der Waals surface area contributed by atoms with Crippen molar-refractivity contribution in [2.24, 2.45) is 0 Å². The fraction of sp³-hybridized carbons (Fsp3) is 0.214. The van der Waals surface area contributed by atoms with Gasteiger partial charge >= 0.3 is 0 Å². The van der Waals surface area contributed by atoms with Gasteiger partial charge < -0.3 is 4.74 Å². The van der Waals surface area contributed by atoms with Crippen LogP contribution in [0.15, 0.2) is 47.6 Å². The second kappa shape index (κ2) is 6.89. The zero-order valence-electron chi connectivity index (χ0n) is 11.4. The molecule has 7 heteroatoms. The number of pyridine rings is 1. The van der Waals surface area contributed by atoms with Crippen LogP contribution in [0.3, 0.4) is 0 Å². The van der Waals surface area contributed by atoms with Gasteiger partial charge in [0.2, 0.25) is 0 Å². The molecule has 0 saturated heterocycles. The molecule has 2 rings (SSSR count). The normalized spacial score (nSPS) is 11.3. The molecule has 5 nitrogen and oxygen atoms in total. The Hall–Kier alpha value is -1.63. The Morgan fingerprint density at radius 2 is 1.90 bits per heavy atom. The molecule has 0 bridgehead atoms. The third-order valence-electron chi connectivity index (χ3n) is 2.84. The summed E-state index contributed by atoms with van der Waals surface area (Å²) in [7, 11) is -2.01. The van der Waals surface area contributed by atoms with Crippen LogP contribution in [0.4, 0.5) is 0 Å². The van der Waals surface area contributed by atoms with Crippen LogP contribution in [0, 0.1) is 0 Å². The topological polar surface area (TPSA) is 68.3 Å². The Kier molecular flexibility index (Phi) is 5.17. The molecule has 0 spiro atoms. The number of benzene rings is 1. The van der Waals surface area contributed by atoms with E-state index >= 15 is 0 Å². The quantitative estimate of drug-likeness (QED) is 0.884. The van der Waals surface area contributed by atoms with Gasteiger partial charge in [-0.15, -0.1) is 0 Å². The smallest absolute Gasteiger partial charge is 0.258 e. The second-order valence-electron chi connectivity index (χ2n) is 4.31. The maximum absolute atomic E-state index is 12.0. The minimum atomic E-state index is -3.60. The first-order valence-electron chi connectivity index (χ1n) is 6.25. The Labute approximate surface area is 129 Å². The Morgan fingerprint density at radius 3 is 2.48 bits per heavy atom. The van der Waals surface area contributed by atoms with Gasteiger partial charge in [-0.3, -0.25) is 0 Å². The van der Waals surface area contributed by atoms with Crippen molar-refractivity contribution in [3.8, 4) is 5.75 Å². The van der Waals surface area contributed by atoms with E-state index < -0.39 is 10.0 Å². The van der Waals surface area contributed by atoms with Crippen LogP contribution >= 0.6 is 11.6 Å². The highest BCUT2D eigenvalue weighted by molar-refractivity contribution is 7.89. The first-order valence-corrected chi connectivity index (χ1v) is 8.11. The lowest BCUT2D eigenvalue weighted by Gasteiger charge is -2.07. The fourth-order valence-corrected chi connectivity index (χ4v) is 2.79. The summed E-state index contributed by atoms with van der Waals surface area (Å²) >= 11 is 5.68. The molecule has 1 N–H and O–H groups in total. The third-order valence-corrected chi connectivity index (χ3v) is 4.44. The molecule has 0 radical (unpaired) electrons. The lowest BCUT2D eigenvalue weighted by atomic mass is 10.1. The highest BCUT2D eigenvalue weighted by atomic mass is 35.5. The number of methoxy groups -OCH3 is 1. The SMILES string of the molecule is COc1ccc(CCNS(=O)(=O)c2ccc(Cl)cn2)cc1. The van der Waals surface area contributed by atoms with Gasteiger partial charge in [0.25, 0.3) is 10.0 Å². The molecule has 0 amide bonds. The second-order valence-corrected chi connectivity index (χ2v) is 6.46. The van der Waals surface area contributed by atoms with Crippen LogP contribution in [0.2, 0.25) is 5.02 Å². The minimum Gasteiger partial charge on any atom is -0.497 e. The molecular formula is C14H15ClN2O3S. The van der Waals surface area contributed by atoms with Crippen LogP contribution in [0.25, 0.3) is 0 Å². The predicted molar refractivity (Wildman–Crippen MR) is 81.1 cm³/mol. The van der Waals surface area contributed by atoms with Crippen molar-refractivity contribution >= 4 is 21.6 Å². The van der Waals surface area contributed by atoms with Gasteiger partial charge in [-0.25, -0.2) is 18.1 Å². The average molecular weight is 327 g/mol. The fourth-order valence-electron chi connectivity index (χ4n) is 1.72. The highest BCUT2D eigenvalue weighted by Crippen LogP contribution is 2.12. The number of hydrogen-bond donors (Lipinski definition) is 1. The van der Waals surface area contributed by atoms with Crippen molar-refractivity contribution in [3.05, 3.63) is 53.2 Å². The van der Waals surface area contributed by atoms with E-state index in [-0.39, 0.29) is 5.03 Å². The number of sulfonamides is 1. The van der Waals surface area contributed by atoms with Gasteiger partial charge in [0.15, 0.2) is 5.03 Å². The van der Waals surface area contributed by atoms with Gasteiger partial charge in [-0.05, 0) is 36.2 Å². The van der Waals surface area contributed by atoms with E-state index in [4.69, 9.17) is 16.3 Å². The summed E-state index contributed by atoms with van der Waals surface area (Å²) < 4.78 is 31.6. The van der Waals surface area contributed by atoms with Crippen LogP contribution in [-0.4, -0.2) is 27.1 Å². The largest absolute Gasteiger partial charge is 0.497 e. The number of ether oxygens (including phenoxy) is 1. The van der Waals surface area contributed by atoms with E-state index in [0.717, 1.165) is 11.3 Å². The van der Waals surface area contributed by atoms with E-state index in [1.165, 1.54) is 18.3 Å². The van der Waals surface area contributed by atoms with Crippen molar-refractivity contribution in [2.45, 2.75) is 11.4 Å². The molecule has 0 aliphatic rings. The first-order chi connectivity index (χ1) is 10.0. The molecule has 0 fully saturated rings. The number of aromatic nitrogens is 1. The Morgan fingerprint density at radius 1 is 1.19 bits per heavy atom. The van der Waals surface area contributed by atoms with Gasteiger partial charge in [0, 0.05) is 12.7 Å². The molecule has 0 aliphatic heterocycles. The predicted octanol–water partition coefficient (Wildman–Crippen LogP) is 2.26. The summed E-state index contributed by atoms with van der Waals surface area (Å²) in [5, 5.41) is 0.355. The van der Waals surface area contributed by atoms with E-state index in [0.29, 0.717) is 18.0 Å². The number of hydrogen-bond acceptors (Lipinski definition) is 4. The average Bonchev–Trinajstić information content (AvgIpc) is 2.48. The van der Waals surface area contributed by atoms with Crippen molar-refractivity contribution in [3.63, 3.8) is 0 Å². The maximum atomic E-state index is 12.0. The number of nitrogens with one attached hydrogen (secondary N) is 1. The first kappa shape index (κ1) is 15.8. The highest BCUT2D eigenvalue weighted by Gasteiger charge is 2.14. The van der Waals surface area contributed by atoms with E-state index in [1.807, 2.05) is 24.3 Å². The summed E-state index contributed by atoms with van der Waals surface area (Å²) in [6.45, 7) is 0.291. The van der Waals surface area contributed by atoms with E-state index in [1.54, 1.807) is 7.11 Å².